The zero-order chi connectivity index (χ0) is 20.1. The Labute approximate surface area is 173 Å². The van der Waals surface area contributed by atoms with E-state index in [0.29, 0.717) is 62.3 Å². The second-order valence-corrected chi connectivity index (χ2v) is 6.55. The average Bonchev–Trinajstić information content (AvgIpc) is 2.74. The summed E-state index contributed by atoms with van der Waals surface area (Å²) in [5.41, 5.74) is 1.21. The van der Waals surface area contributed by atoms with Gasteiger partial charge in [-0.05, 0) is 12.1 Å². The van der Waals surface area contributed by atoms with E-state index in [1.165, 1.54) is 0 Å². The van der Waals surface area contributed by atoms with Crippen molar-refractivity contribution in [2.75, 3.05) is 52.9 Å². The van der Waals surface area contributed by atoms with E-state index in [1.54, 1.807) is 36.4 Å². The van der Waals surface area contributed by atoms with E-state index >= 15 is 0 Å². The Balaban J connectivity index is 0.00000256. The number of ketones is 2. The number of rotatable bonds is 0. The highest BCUT2D eigenvalue weighted by molar-refractivity contribution is 6.30. The summed E-state index contributed by atoms with van der Waals surface area (Å²) in [7, 11) is 0. The Morgan fingerprint density at radius 1 is 0.533 bits per heavy atom. The third kappa shape index (κ3) is 4.52. The normalized spacial score (nSPS) is 17.6. The first-order valence-corrected chi connectivity index (χ1v) is 9.61. The summed E-state index contributed by atoms with van der Waals surface area (Å²) in [5, 5.41) is 0. The highest BCUT2D eigenvalue weighted by atomic mass is 16.6. The maximum Gasteiger partial charge on any atom is 0.201 e. The highest BCUT2D eigenvalue weighted by Crippen LogP contribution is 2.37. The van der Waals surface area contributed by atoms with E-state index in [9.17, 15) is 9.59 Å². The molecule has 0 aromatic heterocycles. The molecular formula is C22H24O8. The first kappa shape index (κ1) is 21.9. The molecule has 0 atom stereocenters. The van der Waals surface area contributed by atoms with Gasteiger partial charge in [0, 0.05) is 11.1 Å². The third-order valence-electron chi connectivity index (χ3n) is 4.71. The van der Waals surface area contributed by atoms with Gasteiger partial charge in [-0.1, -0.05) is 24.3 Å². The number of benzene rings is 2. The molecule has 2 aromatic carbocycles. The van der Waals surface area contributed by atoms with Gasteiger partial charge in [-0.3, -0.25) is 9.59 Å². The molecule has 4 rings (SSSR count). The number of carbonyl (C=O) groups is 2. The first-order chi connectivity index (χ1) is 14.3. The summed E-state index contributed by atoms with van der Waals surface area (Å²) in [4.78, 5) is 26.4. The van der Waals surface area contributed by atoms with Crippen molar-refractivity contribution in [3.05, 3.63) is 58.7 Å². The molecule has 8 nitrogen and oxygen atoms in total. The SMILES string of the molecule is O.O=C1c2cccc3c2C(=O)c2c(cccc21)OCCOCCOCCOCCO3. The van der Waals surface area contributed by atoms with Crippen LogP contribution < -0.4 is 9.47 Å². The molecule has 1 heterocycles. The van der Waals surface area contributed by atoms with Gasteiger partial charge in [0.15, 0.2) is 5.78 Å². The molecule has 0 unspecified atom stereocenters. The van der Waals surface area contributed by atoms with Crippen molar-refractivity contribution in [3.8, 4) is 11.5 Å². The summed E-state index contributed by atoms with van der Waals surface area (Å²) >= 11 is 0. The third-order valence-corrected chi connectivity index (χ3v) is 4.71. The molecule has 1 aliphatic carbocycles. The zero-order valence-electron chi connectivity index (χ0n) is 16.5. The van der Waals surface area contributed by atoms with Crippen LogP contribution in [-0.2, 0) is 14.2 Å². The predicted octanol–water partition coefficient (Wildman–Crippen LogP) is 1.46. The van der Waals surface area contributed by atoms with Gasteiger partial charge < -0.3 is 29.2 Å². The second kappa shape index (κ2) is 10.3. The molecular weight excluding hydrogens is 392 g/mol. The molecule has 0 saturated carbocycles. The summed E-state index contributed by atoms with van der Waals surface area (Å²) < 4.78 is 27.9. The molecule has 0 spiro atoms. The minimum atomic E-state index is -0.280. The molecule has 2 aromatic rings. The Bertz CT molecular complexity index is 839. The van der Waals surface area contributed by atoms with Crippen LogP contribution in [0, 0.1) is 0 Å². The molecule has 1 aliphatic heterocycles. The van der Waals surface area contributed by atoms with Crippen LogP contribution in [0.3, 0.4) is 0 Å². The van der Waals surface area contributed by atoms with E-state index in [4.69, 9.17) is 23.7 Å². The van der Waals surface area contributed by atoms with Gasteiger partial charge in [0.05, 0.1) is 50.8 Å². The van der Waals surface area contributed by atoms with Gasteiger partial charge in [0.1, 0.15) is 24.7 Å². The molecule has 160 valence electrons. The molecule has 30 heavy (non-hydrogen) atoms. The minimum Gasteiger partial charge on any atom is -0.490 e. The molecule has 0 fully saturated rings. The van der Waals surface area contributed by atoms with Crippen molar-refractivity contribution in [2.45, 2.75) is 0 Å². The highest BCUT2D eigenvalue weighted by Gasteiger charge is 2.34. The van der Waals surface area contributed by atoms with Gasteiger partial charge >= 0.3 is 0 Å². The zero-order valence-corrected chi connectivity index (χ0v) is 16.5. The van der Waals surface area contributed by atoms with Crippen LogP contribution in [0.2, 0.25) is 0 Å². The molecule has 0 saturated heterocycles. The maximum absolute atomic E-state index is 13.3. The smallest absolute Gasteiger partial charge is 0.201 e. The molecule has 0 radical (unpaired) electrons. The summed E-state index contributed by atoms with van der Waals surface area (Å²) in [6.45, 7) is 3.00. The van der Waals surface area contributed by atoms with Crippen molar-refractivity contribution in [3.63, 3.8) is 0 Å². The Kier molecular flexibility index (Phi) is 7.53. The second-order valence-electron chi connectivity index (χ2n) is 6.55. The van der Waals surface area contributed by atoms with Crippen LogP contribution in [0.15, 0.2) is 36.4 Å². The molecule has 2 bridgehead atoms. The molecule has 2 N–H and O–H groups in total. The molecule has 0 amide bonds. The fourth-order valence-corrected chi connectivity index (χ4v) is 3.38. The lowest BCUT2D eigenvalue weighted by Gasteiger charge is -2.22. The standard InChI is InChI=1S/C22H22O7.H2O/c23-21-15-3-1-5-17-19(15)22(24)20-16(21)4-2-6-18(20)29-14-12-27-10-8-25-7-9-26-11-13-28-17;/h1-6H,7-14H2;1H2. The Hall–Kier alpha value is -2.78. The molecule has 8 heteroatoms. The van der Waals surface area contributed by atoms with Crippen molar-refractivity contribution in [1.29, 1.82) is 0 Å². The van der Waals surface area contributed by atoms with E-state index in [0.717, 1.165) is 0 Å². The van der Waals surface area contributed by atoms with E-state index in [-0.39, 0.29) is 41.4 Å². The van der Waals surface area contributed by atoms with Crippen molar-refractivity contribution < 1.29 is 38.7 Å². The lowest BCUT2D eigenvalue weighted by Crippen LogP contribution is -2.24. The fourth-order valence-electron chi connectivity index (χ4n) is 3.38. The largest absolute Gasteiger partial charge is 0.490 e. The predicted molar refractivity (Wildman–Crippen MR) is 107 cm³/mol. The summed E-state index contributed by atoms with van der Waals surface area (Å²) in [5.74, 6) is 0.234. The van der Waals surface area contributed by atoms with Crippen LogP contribution in [-0.4, -0.2) is 69.9 Å². The van der Waals surface area contributed by atoms with Crippen molar-refractivity contribution in [1.82, 2.24) is 0 Å². The van der Waals surface area contributed by atoms with E-state index in [1.807, 2.05) is 0 Å². The van der Waals surface area contributed by atoms with Crippen LogP contribution in [0.1, 0.15) is 31.8 Å². The number of hydrogen-bond donors (Lipinski definition) is 0. The number of ether oxygens (including phenoxy) is 5. The van der Waals surface area contributed by atoms with Crippen molar-refractivity contribution >= 4 is 11.6 Å². The van der Waals surface area contributed by atoms with Crippen LogP contribution >= 0.6 is 0 Å². The fraction of sp³-hybridized carbons (Fsp3) is 0.364. The van der Waals surface area contributed by atoms with Gasteiger partial charge in [-0.2, -0.15) is 0 Å². The van der Waals surface area contributed by atoms with E-state index < -0.39 is 0 Å². The molecule has 2 aliphatic rings. The number of carbonyl (C=O) groups excluding carboxylic acids is 2. The first-order valence-electron chi connectivity index (χ1n) is 9.61. The van der Waals surface area contributed by atoms with Gasteiger partial charge in [-0.25, -0.2) is 0 Å². The van der Waals surface area contributed by atoms with E-state index in [2.05, 4.69) is 0 Å². The Morgan fingerprint density at radius 3 is 1.37 bits per heavy atom. The van der Waals surface area contributed by atoms with Gasteiger partial charge in [0.2, 0.25) is 5.78 Å². The van der Waals surface area contributed by atoms with Crippen molar-refractivity contribution in [2.24, 2.45) is 0 Å². The number of hydrogen-bond acceptors (Lipinski definition) is 7. The van der Waals surface area contributed by atoms with Crippen LogP contribution in [0.5, 0.6) is 11.5 Å². The van der Waals surface area contributed by atoms with Gasteiger partial charge in [0.25, 0.3) is 0 Å². The van der Waals surface area contributed by atoms with Crippen LogP contribution in [0.25, 0.3) is 0 Å². The average molecular weight is 416 g/mol. The minimum absolute atomic E-state index is 0. The topological polar surface area (TPSA) is 112 Å². The quantitative estimate of drug-likeness (QED) is 0.545. The summed E-state index contributed by atoms with van der Waals surface area (Å²) in [6, 6.07) is 10.1. The lowest BCUT2D eigenvalue weighted by molar-refractivity contribution is 0.00482. The monoisotopic (exact) mass is 416 g/mol. The van der Waals surface area contributed by atoms with Crippen LogP contribution in [0.4, 0.5) is 0 Å². The lowest BCUT2D eigenvalue weighted by atomic mass is 9.83. The van der Waals surface area contributed by atoms with Gasteiger partial charge in [-0.15, -0.1) is 0 Å². The Morgan fingerprint density at radius 2 is 0.933 bits per heavy atom. The maximum atomic E-state index is 13.3. The summed E-state index contributed by atoms with van der Waals surface area (Å²) in [6.07, 6.45) is 0.